The van der Waals surface area contributed by atoms with E-state index in [1.165, 1.54) is 11.1 Å². The van der Waals surface area contributed by atoms with E-state index in [1.54, 1.807) is 0 Å². The van der Waals surface area contributed by atoms with Crippen molar-refractivity contribution in [1.82, 2.24) is 9.78 Å². The normalized spacial score (nSPS) is 10.8. The van der Waals surface area contributed by atoms with Gasteiger partial charge in [-0.15, -0.1) is 0 Å². The number of benzene rings is 5. The van der Waals surface area contributed by atoms with E-state index in [0.717, 1.165) is 45.5 Å². The van der Waals surface area contributed by atoms with Crippen LogP contribution in [0.2, 0.25) is 0 Å². The minimum absolute atomic E-state index is 0.702. The standard InChI is InChI=1S/C35H28N2O2/c1-25-35(29-21-19-28(20-22-29)27-11-5-3-6-12-27)26(2)37(36-25)30-13-9-16-32(23-30)39-34-18-10-17-33(24-34)38-31-14-7-4-8-15-31/h3-24H,1-2H3. The molecule has 1 heterocycles. The van der Waals surface area contributed by atoms with Gasteiger partial charge in [0.25, 0.3) is 0 Å². The summed E-state index contributed by atoms with van der Waals surface area (Å²) in [5.41, 5.74) is 7.71. The molecule has 0 aliphatic heterocycles. The molecule has 5 aromatic carbocycles. The second-order valence-electron chi connectivity index (χ2n) is 9.39. The zero-order valence-electron chi connectivity index (χ0n) is 21.9. The van der Waals surface area contributed by atoms with Crippen molar-refractivity contribution in [3.8, 4) is 50.9 Å². The van der Waals surface area contributed by atoms with Gasteiger partial charge in [0.05, 0.1) is 11.4 Å². The first kappa shape index (κ1) is 24.3. The Balaban J connectivity index is 1.24. The number of aryl methyl sites for hydroxylation is 1. The molecule has 4 nitrogen and oxygen atoms in total. The van der Waals surface area contributed by atoms with Crippen LogP contribution in [0.15, 0.2) is 133 Å². The number of ether oxygens (including phenoxy) is 2. The lowest BCUT2D eigenvalue weighted by atomic mass is 9.99. The Morgan fingerprint density at radius 3 is 1.69 bits per heavy atom. The van der Waals surface area contributed by atoms with Crippen molar-refractivity contribution in [3.05, 3.63) is 145 Å². The predicted octanol–water partition coefficient (Wildman–Crippen LogP) is 9.41. The van der Waals surface area contributed by atoms with Gasteiger partial charge in [0.2, 0.25) is 0 Å². The summed E-state index contributed by atoms with van der Waals surface area (Å²) in [5, 5.41) is 4.89. The van der Waals surface area contributed by atoms with E-state index < -0.39 is 0 Å². The monoisotopic (exact) mass is 508 g/mol. The Bertz CT molecular complexity index is 1710. The SMILES string of the molecule is Cc1nn(-c2cccc(Oc3cccc(Oc4ccccc4)c3)c2)c(C)c1-c1ccc(-c2ccccc2)cc1. The molecule has 190 valence electrons. The van der Waals surface area contributed by atoms with Gasteiger partial charge in [-0.3, -0.25) is 0 Å². The highest BCUT2D eigenvalue weighted by atomic mass is 16.5. The molecule has 39 heavy (non-hydrogen) atoms. The van der Waals surface area contributed by atoms with Crippen LogP contribution in [-0.2, 0) is 0 Å². The molecule has 0 unspecified atom stereocenters. The molecule has 6 rings (SSSR count). The molecule has 0 N–H and O–H groups in total. The molecule has 0 atom stereocenters. The second kappa shape index (κ2) is 10.7. The van der Waals surface area contributed by atoms with Gasteiger partial charge in [-0.25, -0.2) is 4.68 Å². The molecule has 0 saturated carbocycles. The highest BCUT2D eigenvalue weighted by Crippen LogP contribution is 2.33. The summed E-state index contributed by atoms with van der Waals surface area (Å²) < 4.78 is 14.2. The van der Waals surface area contributed by atoms with Crippen LogP contribution in [-0.4, -0.2) is 9.78 Å². The lowest BCUT2D eigenvalue weighted by molar-refractivity contribution is 0.460. The highest BCUT2D eigenvalue weighted by Gasteiger charge is 2.15. The summed E-state index contributed by atoms with van der Waals surface area (Å²) in [6, 6.07) is 44.5. The van der Waals surface area contributed by atoms with Crippen molar-refractivity contribution in [3.63, 3.8) is 0 Å². The average Bonchev–Trinajstić information content (AvgIpc) is 3.28. The zero-order chi connectivity index (χ0) is 26.6. The quantitative estimate of drug-likeness (QED) is 0.215. The van der Waals surface area contributed by atoms with Crippen LogP contribution in [0.25, 0.3) is 27.9 Å². The third-order valence-corrected chi connectivity index (χ3v) is 6.65. The maximum atomic E-state index is 6.21. The number of hydrogen-bond acceptors (Lipinski definition) is 3. The summed E-state index contributed by atoms with van der Waals surface area (Å²) in [6.45, 7) is 4.17. The van der Waals surface area contributed by atoms with Gasteiger partial charge in [0.15, 0.2) is 0 Å². The fourth-order valence-electron chi connectivity index (χ4n) is 4.81. The van der Waals surface area contributed by atoms with Crippen molar-refractivity contribution < 1.29 is 9.47 Å². The zero-order valence-corrected chi connectivity index (χ0v) is 21.9. The van der Waals surface area contributed by atoms with Crippen LogP contribution in [0.4, 0.5) is 0 Å². The molecule has 0 spiro atoms. The fourth-order valence-corrected chi connectivity index (χ4v) is 4.81. The van der Waals surface area contributed by atoms with Crippen LogP contribution in [0.1, 0.15) is 11.4 Å². The number of rotatable bonds is 7. The molecular formula is C35H28N2O2. The van der Waals surface area contributed by atoms with Crippen LogP contribution in [0.3, 0.4) is 0 Å². The van der Waals surface area contributed by atoms with E-state index in [2.05, 4.69) is 62.4 Å². The Morgan fingerprint density at radius 2 is 1.00 bits per heavy atom. The molecule has 6 aromatic rings. The van der Waals surface area contributed by atoms with Gasteiger partial charge in [-0.2, -0.15) is 5.10 Å². The summed E-state index contributed by atoms with van der Waals surface area (Å²) in [6.07, 6.45) is 0. The molecular weight excluding hydrogens is 480 g/mol. The predicted molar refractivity (Wildman–Crippen MR) is 157 cm³/mol. The molecule has 0 aliphatic carbocycles. The Morgan fingerprint density at radius 1 is 0.487 bits per heavy atom. The van der Waals surface area contributed by atoms with Crippen molar-refractivity contribution >= 4 is 0 Å². The van der Waals surface area contributed by atoms with Crippen LogP contribution < -0.4 is 9.47 Å². The van der Waals surface area contributed by atoms with Gasteiger partial charge < -0.3 is 9.47 Å². The van der Waals surface area contributed by atoms with Crippen molar-refractivity contribution in [1.29, 1.82) is 0 Å². The highest BCUT2D eigenvalue weighted by molar-refractivity contribution is 5.73. The maximum Gasteiger partial charge on any atom is 0.131 e. The Labute approximate surface area is 228 Å². The lowest BCUT2D eigenvalue weighted by Crippen LogP contribution is -1.99. The molecule has 0 amide bonds. The Hall–Kier alpha value is -5.09. The van der Waals surface area contributed by atoms with Gasteiger partial charge >= 0.3 is 0 Å². The lowest BCUT2D eigenvalue weighted by Gasteiger charge is -2.11. The first-order valence-corrected chi connectivity index (χ1v) is 13.0. The van der Waals surface area contributed by atoms with Gasteiger partial charge in [0, 0.05) is 23.4 Å². The van der Waals surface area contributed by atoms with Crippen LogP contribution in [0.5, 0.6) is 23.0 Å². The summed E-state index contributed by atoms with van der Waals surface area (Å²) in [5.74, 6) is 2.93. The second-order valence-corrected chi connectivity index (χ2v) is 9.39. The van der Waals surface area contributed by atoms with E-state index in [9.17, 15) is 0 Å². The number of aromatic nitrogens is 2. The molecule has 0 fully saturated rings. The third kappa shape index (κ3) is 5.32. The van der Waals surface area contributed by atoms with E-state index in [-0.39, 0.29) is 0 Å². The number of para-hydroxylation sites is 1. The van der Waals surface area contributed by atoms with Crippen molar-refractivity contribution in [2.75, 3.05) is 0 Å². The molecule has 1 aromatic heterocycles. The molecule has 0 bridgehead atoms. The Kier molecular flexibility index (Phi) is 6.67. The molecule has 0 aliphatic rings. The van der Waals surface area contributed by atoms with E-state index in [0.29, 0.717) is 5.75 Å². The van der Waals surface area contributed by atoms with Gasteiger partial charge in [-0.05, 0) is 66.9 Å². The minimum Gasteiger partial charge on any atom is -0.457 e. The summed E-state index contributed by atoms with van der Waals surface area (Å²) in [4.78, 5) is 0. The topological polar surface area (TPSA) is 36.3 Å². The number of hydrogen-bond donors (Lipinski definition) is 0. The molecule has 4 heteroatoms. The summed E-state index contributed by atoms with van der Waals surface area (Å²) in [7, 11) is 0. The van der Waals surface area contributed by atoms with Crippen LogP contribution >= 0.6 is 0 Å². The average molecular weight is 509 g/mol. The molecule has 0 saturated heterocycles. The molecule has 0 radical (unpaired) electrons. The smallest absolute Gasteiger partial charge is 0.131 e. The first-order chi connectivity index (χ1) is 19.1. The number of nitrogens with zero attached hydrogens (tertiary/aromatic N) is 2. The van der Waals surface area contributed by atoms with Gasteiger partial charge in [0.1, 0.15) is 23.0 Å². The summed E-state index contributed by atoms with van der Waals surface area (Å²) >= 11 is 0. The van der Waals surface area contributed by atoms with Crippen LogP contribution in [0, 0.1) is 13.8 Å². The maximum absolute atomic E-state index is 6.21. The van der Waals surface area contributed by atoms with E-state index in [1.807, 2.05) is 89.6 Å². The largest absolute Gasteiger partial charge is 0.457 e. The fraction of sp³-hybridized carbons (Fsp3) is 0.0571. The van der Waals surface area contributed by atoms with Gasteiger partial charge in [-0.1, -0.05) is 84.9 Å². The van der Waals surface area contributed by atoms with Crippen molar-refractivity contribution in [2.45, 2.75) is 13.8 Å². The van der Waals surface area contributed by atoms with E-state index >= 15 is 0 Å². The third-order valence-electron chi connectivity index (χ3n) is 6.65. The van der Waals surface area contributed by atoms with E-state index in [4.69, 9.17) is 14.6 Å². The van der Waals surface area contributed by atoms with Crippen molar-refractivity contribution in [2.24, 2.45) is 0 Å². The first-order valence-electron chi connectivity index (χ1n) is 13.0. The minimum atomic E-state index is 0.702.